The van der Waals surface area contributed by atoms with E-state index in [-0.39, 0.29) is 10.0 Å². The van der Waals surface area contributed by atoms with Gasteiger partial charge in [-0.3, -0.25) is 0 Å². The molecule has 0 fully saturated rings. The number of nitrogens with zero attached hydrogens (tertiary/aromatic N) is 1. The van der Waals surface area contributed by atoms with Crippen molar-refractivity contribution in [3.05, 3.63) is 10.7 Å². The third-order valence-electron chi connectivity index (χ3n) is 1.04. The molecule has 0 aliphatic heterocycles. The second-order valence-corrected chi connectivity index (χ2v) is 2.87. The van der Waals surface area contributed by atoms with Gasteiger partial charge in [0, 0.05) is 0 Å². The molecule has 64 valence electrons. The average molecular weight is 188 g/mol. The Labute approximate surface area is 70.3 Å². The molecular formula is C5H4N2O4S. The predicted octanol–water partition coefficient (Wildman–Crippen LogP) is 0.122. The van der Waals surface area contributed by atoms with Gasteiger partial charge in [0.15, 0.2) is 5.69 Å². The maximum Gasteiger partial charge on any atom is 0.365 e. The largest absolute Gasteiger partial charge is 0.476 e. The van der Waals surface area contributed by atoms with Crippen LogP contribution in [0, 0.1) is 0 Å². The van der Waals surface area contributed by atoms with Gasteiger partial charge < -0.3 is 15.9 Å². The molecule has 12 heavy (non-hydrogen) atoms. The molecule has 1 aromatic heterocycles. The lowest BCUT2D eigenvalue weighted by atomic mass is 10.5. The van der Waals surface area contributed by atoms with Gasteiger partial charge in [-0.05, 0) is 0 Å². The smallest absolute Gasteiger partial charge is 0.365 e. The van der Waals surface area contributed by atoms with Crippen molar-refractivity contribution in [2.75, 3.05) is 5.73 Å². The quantitative estimate of drug-likeness (QED) is 0.607. The lowest BCUT2D eigenvalue weighted by Gasteiger charge is -1.84. The van der Waals surface area contributed by atoms with E-state index >= 15 is 0 Å². The minimum Gasteiger partial charge on any atom is -0.476 e. The fourth-order valence-corrected chi connectivity index (χ4v) is 1.24. The van der Waals surface area contributed by atoms with E-state index in [1.54, 1.807) is 0 Å². The monoisotopic (exact) mass is 188 g/mol. The molecule has 0 saturated heterocycles. The number of rotatable bonds is 2. The molecule has 1 aromatic rings. The van der Waals surface area contributed by atoms with Gasteiger partial charge in [0.1, 0.15) is 5.00 Å². The van der Waals surface area contributed by atoms with Gasteiger partial charge in [-0.2, -0.15) is 0 Å². The van der Waals surface area contributed by atoms with E-state index in [2.05, 4.69) is 4.98 Å². The van der Waals surface area contributed by atoms with E-state index < -0.39 is 17.6 Å². The zero-order valence-corrected chi connectivity index (χ0v) is 6.46. The molecule has 0 saturated carbocycles. The highest BCUT2D eigenvalue weighted by atomic mass is 32.1. The molecule has 0 unspecified atom stereocenters. The third-order valence-corrected chi connectivity index (χ3v) is 1.91. The first kappa shape index (κ1) is 8.47. The first-order valence-corrected chi connectivity index (χ1v) is 3.57. The molecular weight excluding hydrogens is 184 g/mol. The van der Waals surface area contributed by atoms with Crippen LogP contribution in [-0.4, -0.2) is 27.1 Å². The number of nitrogens with two attached hydrogens (primary N) is 1. The van der Waals surface area contributed by atoms with Crippen LogP contribution in [0.5, 0.6) is 0 Å². The Hall–Kier alpha value is -1.63. The molecule has 0 aliphatic carbocycles. The lowest BCUT2D eigenvalue weighted by molar-refractivity contribution is 0.0691. The fraction of sp³-hybridized carbons (Fsp3) is 0. The number of aromatic nitrogens is 1. The van der Waals surface area contributed by atoms with Crippen LogP contribution in [0.15, 0.2) is 0 Å². The van der Waals surface area contributed by atoms with E-state index in [1.165, 1.54) is 0 Å². The third kappa shape index (κ3) is 1.35. The van der Waals surface area contributed by atoms with Crippen molar-refractivity contribution in [2.45, 2.75) is 0 Å². The molecule has 0 amide bonds. The van der Waals surface area contributed by atoms with E-state index in [1.807, 2.05) is 0 Å². The molecule has 0 spiro atoms. The average Bonchev–Trinajstić information content (AvgIpc) is 2.30. The van der Waals surface area contributed by atoms with Crippen molar-refractivity contribution in [1.82, 2.24) is 4.98 Å². The van der Waals surface area contributed by atoms with Crippen LogP contribution in [-0.2, 0) is 0 Å². The molecule has 6 nitrogen and oxygen atoms in total. The fourth-order valence-electron chi connectivity index (χ4n) is 0.577. The second kappa shape index (κ2) is 2.78. The van der Waals surface area contributed by atoms with Crippen molar-refractivity contribution in [3.63, 3.8) is 0 Å². The van der Waals surface area contributed by atoms with Crippen molar-refractivity contribution in [2.24, 2.45) is 0 Å². The molecule has 0 atom stereocenters. The predicted molar refractivity (Wildman–Crippen MR) is 40.4 cm³/mol. The number of thiazole rings is 1. The Morgan fingerprint density at radius 3 is 2.17 bits per heavy atom. The van der Waals surface area contributed by atoms with Gasteiger partial charge in [0.25, 0.3) is 0 Å². The van der Waals surface area contributed by atoms with Gasteiger partial charge in [-0.15, -0.1) is 0 Å². The normalized spacial score (nSPS) is 9.67. The maximum absolute atomic E-state index is 10.3. The molecule has 7 heteroatoms. The van der Waals surface area contributed by atoms with Gasteiger partial charge in [0.2, 0.25) is 5.01 Å². The van der Waals surface area contributed by atoms with Gasteiger partial charge >= 0.3 is 11.9 Å². The lowest BCUT2D eigenvalue weighted by Crippen LogP contribution is -2.02. The summed E-state index contributed by atoms with van der Waals surface area (Å²) in [4.78, 5) is 23.9. The number of carboxylic acids is 2. The molecule has 1 rings (SSSR count). The van der Waals surface area contributed by atoms with Gasteiger partial charge in [-0.1, -0.05) is 11.3 Å². The van der Waals surface area contributed by atoms with Gasteiger partial charge in [0.05, 0.1) is 0 Å². The summed E-state index contributed by atoms with van der Waals surface area (Å²) < 4.78 is 0. The number of hydrogen-bond donors (Lipinski definition) is 3. The zero-order valence-electron chi connectivity index (χ0n) is 5.64. The molecule has 1 heterocycles. The standard InChI is InChI=1S/C5H4N2O4S/c6-2-1(4(8)9)7-3(12-2)5(10)11/h6H2,(H,8,9)(H,10,11). The summed E-state index contributed by atoms with van der Waals surface area (Å²) in [6.45, 7) is 0. The highest BCUT2D eigenvalue weighted by Crippen LogP contribution is 2.20. The number of nitrogen functional groups attached to an aromatic ring is 1. The summed E-state index contributed by atoms with van der Waals surface area (Å²) in [7, 11) is 0. The summed E-state index contributed by atoms with van der Waals surface area (Å²) in [5, 5.41) is 16.4. The number of anilines is 1. The summed E-state index contributed by atoms with van der Waals surface area (Å²) in [6, 6.07) is 0. The van der Waals surface area contributed by atoms with Crippen LogP contribution in [0.3, 0.4) is 0 Å². The van der Waals surface area contributed by atoms with E-state index in [9.17, 15) is 9.59 Å². The minimum absolute atomic E-state index is 0.0973. The second-order valence-electron chi connectivity index (χ2n) is 1.84. The summed E-state index contributed by atoms with van der Waals surface area (Å²) >= 11 is 0.637. The zero-order chi connectivity index (χ0) is 9.30. The molecule has 0 aromatic carbocycles. The highest BCUT2D eigenvalue weighted by Gasteiger charge is 2.18. The number of carboxylic acid groups (broad SMARTS) is 2. The van der Waals surface area contributed by atoms with E-state index in [0.717, 1.165) is 0 Å². The Morgan fingerprint density at radius 2 is 1.92 bits per heavy atom. The van der Waals surface area contributed by atoms with Crippen LogP contribution < -0.4 is 5.73 Å². The van der Waals surface area contributed by atoms with Crippen molar-refractivity contribution in [3.8, 4) is 0 Å². The Bertz CT molecular complexity index is 345. The SMILES string of the molecule is Nc1sc(C(=O)O)nc1C(=O)O. The first-order valence-electron chi connectivity index (χ1n) is 2.75. The van der Waals surface area contributed by atoms with Crippen LogP contribution in [0.1, 0.15) is 20.3 Å². The summed E-state index contributed by atoms with van der Waals surface area (Å²) in [5.41, 5.74) is 4.79. The van der Waals surface area contributed by atoms with Crippen molar-refractivity contribution >= 4 is 28.3 Å². The molecule has 0 bridgehead atoms. The van der Waals surface area contributed by atoms with Gasteiger partial charge in [-0.25, -0.2) is 14.6 Å². The van der Waals surface area contributed by atoms with Crippen LogP contribution in [0.4, 0.5) is 5.00 Å². The number of carbonyl (C=O) groups is 2. The summed E-state index contributed by atoms with van der Waals surface area (Å²) in [6.07, 6.45) is 0. The number of aromatic carboxylic acids is 2. The van der Waals surface area contributed by atoms with E-state index in [0.29, 0.717) is 11.3 Å². The Balaban J connectivity index is 3.17. The Kier molecular flexibility index (Phi) is 1.96. The molecule has 4 N–H and O–H groups in total. The number of hydrogen-bond acceptors (Lipinski definition) is 5. The van der Waals surface area contributed by atoms with Crippen molar-refractivity contribution < 1.29 is 19.8 Å². The topological polar surface area (TPSA) is 114 Å². The van der Waals surface area contributed by atoms with Crippen LogP contribution >= 0.6 is 11.3 Å². The first-order chi connectivity index (χ1) is 5.52. The maximum atomic E-state index is 10.3. The Morgan fingerprint density at radius 1 is 1.33 bits per heavy atom. The summed E-state index contributed by atoms with van der Waals surface area (Å²) in [5.74, 6) is -2.60. The molecule has 0 aliphatic rings. The van der Waals surface area contributed by atoms with E-state index in [4.69, 9.17) is 15.9 Å². The van der Waals surface area contributed by atoms with Crippen LogP contribution in [0.25, 0.3) is 0 Å². The van der Waals surface area contributed by atoms with Crippen LogP contribution in [0.2, 0.25) is 0 Å². The highest BCUT2D eigenvalue weighted by molar-refractivity contribution is 7.17. The minimum atomic E-state index is -1.32. The molecule has 0 radical (unpaired) electrons. The van der Waals surface area contributed by atoms with Crippen molar-refractivity contribution in [1.29, 1.82) is 0 Å².